The van der Waals surface area contributed by atoms with Gasteiger partial charge in [0.25, 0.3) is 0 Å². The molecule has 94 valence electrons. The fourth-order valence-corrected chi connectivity index (χ4v) is 1.25. The standard InChI is InChI=1S/C11H14N2O2.C2H6/c1-3-5-8(4-2)13-10(15)11(6-7-11)9(12)14;1-2/h3-5H,1-2,6-7H2,(H2,12,14)(H,13,15);1-2H3/b8-5+;. The van der Waals surface area contributed by atoms with E-state index in [0.717, 1.165) is 0 Å². The van der Waals surface area contributed by atoms with Gasteiger partial charge in [-0.1, -0.05) is 33.1 Å². The molecule has 0 unspecified atom stereocenters. The SMILES string of the molecule is C=C/C=C(\C=C)NC(=O)C1(C(N)=O)CC1.CC. The number of nitrogens with one attached hydrogen (secondary N) is 1. The van der Waals surface area contributed by atoms with Gasteiger partial charge >= 0.3 is 0 Å². The molecule has 0 heterocycles. The van der Waals surface area contributed by atoms with Crippen molar-refractivity contribution in [3.05, 3.63) is 37.1 Å². The van der Waals surface area contributed by atoms with Gasteiger partial charge in [0.2, 0.25) is 11.8 Å². The summed E-state index contributed by atoms with van der Waals surface area (Å²) in [4.78, 5) is 22.7. The van der Waals surface area contributed by atoms with Crippen molar-refractivity contribution in [2.24, 2.45) is 11.1 Å². The average molecular weight is 236 g/mol. The van der Waals surface area contributed by atoms with Gasteiger partial charge in [0.05, 0.1) is 0 Å². The molecule has 4 nitrogen and oxygen atoms in total. The average Bonchev–Trinajstić information content (AvgIpc) is 3.12. The van der Waals surface area contributed by atoms with Crippen molar-refractivity contribution < 1.29 is 9.59 Å². The molecule has 0 aliphatic heterocycles. The maximum atomic E-state index is 11.7. The van der Waals surface area contributed by atoms with Crippen molar-refractivity contribution in [1.82, 2.24) is 5.32 Å². The van der Waals surface area contributed by atoms with Crippen molar-refractivity contribution in [1.29, 1.82) is 0 Å². The van der Waals surface area contributed by atoms with E-state index in [1.165, 1.54) is 12.2 Å². The van der Waals surface area contributed by atoms with Crippen molar-refractivity contribution >= 4 is 11.8 Å². The van der Waals surface area contributed by atoms with E-state index >= 15 is 0 Å². The van der Waals surface area contributed by atoms with Crippen molar-refractivity contribution in [3.63, 3.8) is 0 Å². The van der Waals surface area contributed by atoms with Crippen LogP contribution in [0, 0.1) is 5.41 Å². The van der Waals surface area contributed by atoms with E-state index < -0.39 is 11.3 Å². The monoisotopic (exact) mass is 236 g/mol. The van der Waals surface area contributed by atoms with Gasteiger partial charge in [-0.3, -0.25) is 9.59 Å². The van der Waals surface area contributed by atoms with Crippen LogP contribution in [0.4, 0.5) is 0 Å². The summed E-state index contributed by atoms with van der Waals surface area (Å²) in [5.41, 5.74) is 4.68. The van der Waals surface area contributed by atoms with Crippen LogP contribution in [0.2, 0.25) is 0 Å². The van der Waals surface area contributed by atoms with Crippen molar-refractivity contribution in [2.75, 3.05) is 0 Å². The maximum Gasteiger partial charge on any atom is 0.240 e. The first-order chi connectivity index (χ1) is 8.06. The second-order valence-corrected chi connectivity index (χ2v) is 3.46. The third-order valence-electron chi connectivity index (χ3n) is 2.43. The Kier molecular flexibility index (Phi) is 5.96. The minimum absolute atomic E-state index is 0.358. The number of allylic oxidation sites excluding steroid dienone is 3. The van der Waals surface area contributed by atoms with Crippen LogP contribution in [0.1, 0.15) is 26.7 Å². The van der Waals surface area contributed by atoms with E-state index in [9.17, 15) is 9.59 Å². The van der Waals surface area contributed by atoms with Gasteiger partial charge in [0.15, 0.2) is 0 Å². The predicted octanol–water partition coefficient (Wildman–Crippen LogP) is 1.65. The first-order valence-electron chi connectivity index (χ1n) is 5.63. The number of rotatable bonds is 5. The lowest BCUT2D eigenvalue weighted by molar-refractivity contribution is -0.134. The van der Waals surface area contributed by atoms with Crippen LogP contribution >= 0.6 is 0 Å². The molecule has 1 rings (SSSR count). The summed E-state index contributed by atoms with van der Waals surface area (Å²) in [6.45, 7) is 11.0. The van der Waals surface area contributed by atoms with E-state index in [0.29, 0.717) is 18.5 Å². The van der Waals surface area contributed by atoms with Gasteiger partial charge in [0, 0.05) is 5.70 Å². The van der Waals surface area contributed by atoms with Crippen molar-refractivity contribution in [3.8, 4) is 0 Å². The van der Waals surface area contributed by atoms with E-state index in [2.05, 4.69) is 18.5 Å². The van der Waals surface area contributed by atoms with Gasteiger partial charge in [0.1, 0.15) is 5.41 Å². The quantitative estimate of drug-likeness (QED) is 0.562. The molecule has 1 fully saturated rings. The molecule has 2 amide bonds. The predicted molar refractivity (Wildman–Crippen MR) is 68.8 cm³/mol. The lowest BCUT2D eigenvalue weighted by atomic mass is 10.1. The van der Waals surface area contributed by atoms with E-state index in [4.69, 9.17) is 5.73 Å². The van der Waals surface area contributed by atoms with Gasteiger partial charge in [-0.15, -0.1) is 0 Å². The zero-order chi connectivity index (χ0) is 13.5. The van der Waals surface area contributed by atoms with Crippen LogP contribution in [0.25, 0.3) is 0 Å². The molecular weight excluding hydrogens is 216 g/mol. The molecule has 1 aliphatic carbocycles. The lowest BCUT2D eigenvalue weighted by Crippen LogP contribution is -2.39. The molecule has 0 aromatic carbocycles. The number of carbonyl (C=O) groups is 2. The molecule has 0 aromatic rings. The Bertz CT molecular complexity index is 352. The molecule has 1 aliphatic rings. The Morgan fingerprint density at radius 1 is 1.29 bits per heavy atom. The highest BCUT2D eigenvalue weighted by Crippen LogP contribution is 2.45. The second-order valence-electron chi connectivity index (χ2n) is 3.46. The van der Waals surface area contributed by atoms with Gasteiger partial charge in [-0.25, -0.2) is 0 Å². The molecule has 1 saturated carbocycles. The molecular formula is C13H20N2O2. The summed E-state index contributed by atoms with van der Waals surface area (Å²) in [7, 11) is 0. The smallest absolute Gasteiger partial charge is 0.240 e. The highest BCUT2D eigenvalue weighted by atomic mass is 16.2. The zero-order valence-electron chi connectivity index (χ0n) is 10.5. The first kappa shape index (κ1) is 15.2. The van der Waals surface area contributed by atoms with E-state index in [1.807, 2.05) is 13.8 Å². The topological polar surface area (TPSA) is 72.2 Å². The number of hydrogen-bond donors (Lipinski definition) is 2. The second kappa shape index (κ2) is 6.68. The third-order valence-corrected chi connectivity index (χ3v) is 2.43. The summed E-state index contributed by atoms with van der Waals surface area (Å²) in [5.74, 6) is -0.926. The third kappa shape index (κ3) is 3.59. The summed E-state index contributed by atoms with van der Waals surface area (Å²) < 4.78 is 0. The molecule has 0 atom stereocenters. The van der Waals surface area contributed by atoms with Crippen LogP contribution in [0.3, 0.4) is 0 Å². The normalized spacial score (nSPS) is 16.0. The summed E-state index contributed by atoms with van der Waals surface area (Å²) in [5, 5.41) is 2.58. The van der Waals surface area contributed by atoms with Gasteiger partial charge in [-0.2, -0.15) is 0 Å². The van der Waals surface area contributed by atoms with E-state index in [1.54, 1.807) is 6.08 Å². The van der Waals surface area contributed by atoms with Crippen LogP contribution in [0.5, 0.6) is 0 Å². The summed E-state index contributed by atoms with van der Waals surface area (Å²) >= 11 is 0. The van der Waals surface area contributed by atoms with Gasteiger partial charge < -0.3 is 11.1 Å². The van der Waals surface area contributed by atoms with Crippen molar-refractivity contribution in [2.45, 2.75) is 26.7 Å². The molecule has 4 heteroatoms. The van der Waals surface area contributed by atoms with Crippen LogP contribution < -0.4 is 11.1 Å². The fraction of sp³-hybridized carbons (Fsp3) is 0.385. The summed E-state index contributed by atoms with van der Waals surface area (Å²) in [6.07, 6.45) is 5.65. The Morgan fingerprint density at radius 3 is 2.12 bits per heavy atom. The minimum atomic E-state index is -0.997. The Balaban J connectivity index is 0.00000121. The molecule has 0 aromatic heterocycles. The maximum absolute atomic E-state index is 11.7. The number of carbonyl (C=O) groups excluding carboxylic acids is 2. The largest absolute Gasteiger partial charge is 0.369 e. The first-order valence-corrected chi connectivity index (χ1v) is 5.63. The number of amides is 2. The highest BCUT2D eigenvalue weighted by molar-refractivity contribution is 6.07. The fourth-order valence-electron chi connectivity index (χ4n) is 1.25. The summed E-state index contributed by atoms with van der Waals surface area (Å²) in [6, 6.07) is 0. The van der Waals surface area contributed by atoms with Crippen LogP contribution in [-0.4, -0.2) is 11.8 Å². The molecule has 0 bridgehead atoms. The minimum Gasteiger partial charge on any atom is -0.369 e. The number of hydrogen-bond acceptors (Lipinski definition) is 2. The molecule has 17 heavy (non-hydrogen) atoms. The molecule has 0 saturated heterocycles. The van der Waals surface area contributed by atoms with E-state index in [-0.39, 0.29) is 5.91 Å². The Hall–Kier alpha value is -1.84. The Labute approximate surface area is 102 Å². The molecule has 3 N–H and O–H groups in total. The number of primary amides is 1. The Morgan fingerprint density at radius 2 is 1.82 bits per heavy atom. The van der Waals surface area contributed by atoms with Crippen LogP contribution in [-0.2, 0) is 9.59 Å². The van der Waals surface area contributed by atoms with Gasteiger partial charge in [-0.05, 0) is 25.0 Å². The molecule has 0 spiro atoms. The zero-order valence-corrected chi connectivity index (χ0v) is 10.5. The lowest BCUT2D eigenvalue weighted by Gasteiger charge is -2.11. The van der Waals surface area contributed by atoms with Crippen LogP contribution in [0.15, 0.2) is 37.1 Å². The molecule has 0 radical (unpaired) electrons. The number of nitrogens with two attached hydrogens (primary N) is 1. The highest BCUT2D eigenvalue weighted by Gasteiger charge is 2.55.